The molecule has 1 N–H and O–H groups in total. The lowest BCUT2D eigenvalue weighted by molar-refractivity contribution is 0.265. The zero-order valence-corrected chi connectivity index (χ0v) is 30.6. The van der Waals surface area contributed by atoms with Crippen LogP contribution in [-0.4, -0.2) is 28.3 Å². The van der Waals surface area contributed by atoms with Crippen molar-refractivity contribution in [3.8, 4) is 11.5 Å². The monoisotopic (exact) mass is 584 g/mol. The fourth-order valence-electron chi connectivity index (χ4n) is 7.17. The van der Waals surface area contributed by atoms with Crippen LogP contribution in [-0.2, 0) is 16.3 Å². The maximum Gasteiger partial charge on any atom is 0.258 e. The summed E-state index contributed by atoms with van der Waals surface area (Å²) in [4.78, 5) is 0. The van der Waals surface area contributed by atoms with E-state index in [9.17, 15) is 5.11 Å². The Balaban J connectivity index is 2.33. The average Bonchev–Trinajstić information content (AvgIpc) is 2.81. The van der Waals surface area contributed by atoms with E-state index >= 15 is 0 Å². The summed E-state index contributed by atoms with van der Waals surface area (Å²) < 4.78 is 14.2. The topological polar surface area (TPSA) is 38.7 Å². The standard InChI is InChI=1S/C35H60O3Si2/c1-22(2)40(23(3)4,24(5)6)38-33-26(8)28-19-27-17-16-18-35(12,13)30(27)20-29(28)32(36)31(33)25(7)21-37-39(14,15)34(9,10)11/h19-20,22-25,36H,16-18,21H2,1-15H3/t25-/m0/s1. The zero-order valence-electron chi connectivity index (χ0n) is 28.6. The molecule has 0 unspecified atom stereocenters. The molecular weight excluding hydrogens is 525 g/mol. The lowest BCUT2D eigenvalue weighted by atomic mass is 9.71. The Hall–Kier alpha value is -1.31. The summed E-state index contributed by atoms with van der Waals surface area (Å²) in [7, 11) is -4.23. The second-order valence-electron chi connectivity index (χ2n) is 15.9. The summed E-state index contributed by atoms with van der Waals surface area (Å²) in [6.45, 7) is 35.2. The van der Waals surface area contributed by atoms with Gasteiger partial charge in [0.05, 0.1) is 0 Å². The molecule has 0 aromatic heterocycles. The largest absolute Gasteiger partial charge is 0.542 e. The summed E-state index contributed by atoms with van der Waals surface area (Å²) in [6, 6.07) is 4.68. The van der Waals surface area contributed by atoms with Gasteiger partial charge in [0.25, 0.3) is 8.32 Å². The van der Waals surface area contributed by atoms with Gasteiger partial charge in [-0.1, -0.05) is 89.2 Å². The summed E-state index contributed by atoms with van der Waals surface area (Å²) in [5.41, 5.74) is 6.38. The summed E-state index contributed by atoms with van der Waals surface area (Å²) in [5.74, 6) is 1.33. The summed E-state index contributed by atoms with van der Waals surface area (Å²) in [5, 5.41) is 14.4. The summed E-state index contributed by atoms with van der Waals surface area (Å²) in [6.07, 6.45) is 3.50. The fraction of sp³-hybridized carbons (Fsp3) is 0.714. The molecule has 0 saturated carbocycles. The van der Waals surface area contributed by atoms with Crippen LogP contribution in [0.15, 0.2) is 12.1 Å². The number of phenols is 1. The first-order valence-corrected chi connectivity index (χ1v) is 20.9. The number of aromatic hydroxyl groups is 1. The van der Waals surface area contributed by atoms with E-state index in [1.807, 2.05) is 0 Å². The lowest BCUT2D eigenvalue weighted by Crippen LogP contribution is -2.51. The lowest BCUT2D eigenvalue weighted by Gasteiger charge is -2.44. The predicted molar refractivity (Wildman–Crippen MR) is 180 cm³/mol. The minimum atomic E-state index is -2.27. The molecule has 0 bridgehead atoms. The highest BCUT2D eigenvalue weighted by atomic mass is 28.4. The molecule has 40 heavy (non-hydrogen) atoms. The van der Waals surface area contributed by atoms with E-state index in [1.165, 1.54) is 29.5 Å². The number of hydrogen-bond donors (Lipinski definition) is 1. The third-order valence-electron chi connectivity index (χ3n) is 10.7. The molecule has 0 spiro atoms. The van der Waals surface area contributed by atoms with Gasteiger partial charge < -0.3 is 14.0 Å². The van der Waals surface area contributed by atoms with Crippen molar-refractivity contribution >= 4 is 27.4 Å². The third-order valence-corrected chi connectivity index (χ3v) is 21.2. The maximum absolute atomic E-state index is 12.2. The van der Waals surface area contributed by atoms with Gasteiger partial charge in [0.2, 0.25) is 0 Å². The van der Waals surface area contributed by atoms with E-state index in [2.05, 4.69) is 115 Å². The van der Waals surface area contributed by atoms with E-state index in [0.717, 1.165) is 28.5 Å². The van der Waals surface area contributed by atoms with E-state index < -0.39 is 16.6 Å². The Morgan fingerprint density at radius 1 is 0.925 bits per heavy atom. The van der Waals surface area contributed by atoms with Crippen LogP contribution in [0.5, 0.6) is 11.5 Å². The smallest absolute Gasteiger partial charge is 0.258 e. The molecule has 1 aliphatic rings. The number of hydrogen-bond acceptors (Lipinski definition) is 3. The van der Waals surface area contributed by atoms with E-state index in [-0.39, 0.29) is 16.4 Å². The normalized spacial score (nSPS) is 17.1. The number of fused-ring (bicyclic) bond motifs is 2. The molecule has 0 amide bonds. The first kappa shape index (κ1) is 33.2. The van der Waals surface area contributed by atoms with Crippen LogP contribution < -0.4 is 4.43 Å². The Bertz CT molecular complexity index is 1200. The van der Waals surface area contributed by atoms with Crippen LogP contribution in [0.2, 0.25) is 34.8 Å². The molecule has 0 heterocycles. The molecule has 2 aromatic carbocycles. The Kier molecular flexibility index (Phi) is 9.47. The van der Waals surface area contributed by atoms with Crippen molar-refractivity contribution in [1.29, 1.82) is 0 Å². The number of phenolic OH excluding ortho intramolecular Hbond substituents is 1. The predicted octanol–water partition coefficient (Wildman–Crippen LogP) is 11.1. The molecule has 1 atom stereocenters. The Morgan fingerprint density at radius 3 is 1.98 bits per heavy atom. The number of rotatable bonds is 9. The molecule has 5 heteroatoms. The fourth-order valence-corrected chi connectivity index (χ4v) is 13.6. The van der Waals surface area contributed by atoms with Gasteiger partial charge in [0.1, 0.15) is 11.5 Å². The van der Waals surface area contributed by atoms with Gasteiger partial charge >= 0.3 is 0 Å². The van der Waals surface area contributed by atoms with Crippen LogP contribution in [0.25, 0.3) is 10.8 Å². The van der Waals surface area contributed by atoms with Crippen molar-refractivity contribution in [3.05, 3.63) is 34.4 Å². The molecule has 3 rings (SSSR count). The van der Waals surface area contributed by atoms with Gasteiger partial charge in [-0.3, -0.25) is 0 Å². The average molecular weight is 585 g/mol. The number of benzene rings is 2. The first-order valence-electron chi connectivity index (χ1n) is 15.8. The Labute approximate surface area is 248 Å². The van der Waals surface area contributed by atoms with Crippen LogP contribution in [0.1, 0.15) is 124 Å². The highest BCUT2D eigenvalue weighted by Crippen LogP contribution is 2.51. The van der Waals surface area contributed by atoms with Crippen molar-refractivity contribution < 1.29 is 14.0 Å². The van der Waals surface area contributed by atoms with Crippen molar-refractivity contribution in [2.75, 3.05) is 6.61 Å². The van der Waals surface area contributed by atoms with Gasteiger partial charge in [-0.15, -0.1) is 0 Å². The second-order valence-corrected chi connectivity index (χ2v) is 26.1. The molecule has 0 aliphatic heterocycles. The second kappa shape index (κ2) is 11.4. The Morgan fingerprint density at radius 2 is 1.48 bits per heavy atom. The maximum atomic E-state index is 12.2. The van der Waals surface area contributed by atoms with Gasteiger partial charge in [-0.05, 0) is 94.5 Å². The number of aryl methyl sites for hydroxylation is 2. The quantitative estimate of drug-likeness (QED) is 0.298. The molecule has 0 saturated heterocycles. The minimum Gasteiger partial charge on any atom is -0.542 e. The van der Waals surface area contributed by atoms with Crippen molar-refractivity contribution in [2.24, 2.45) is 0 Å². The van der Waals surface area contributed by atoms with Crippen molar-refractivity contribution in [1.82, 2.24) is 0 Å². The molecule has 0 radical (unpaired) electrons. The molecule has 226 valence electrons. The molecule has 1 aliphatic carbocycles. The van der Waals surface area contributed by atoms with Crippen LogP contribution in [0.4, 0.5) is 0 Å². The third kappa shape index (κ3) is 5.81. The summed E-state index contributed by atoms with van der Waals surface area (Å²) >= 11 is 0. The van der Waals surface area contributed by atoms with E-state index in [0.29, 0.717) is 29.0 Å². The molecule has 2 aromatic rings. The van der Waals surface area contributed by atoms with Crippen molar-refractivity contribution in [3.63, 3.8) is 0 Å². The molecular formula is C35H60O3Si2. The van der Waals surface area contributed by atoms with Gasteiger partial charge in [0.15, 0.2) is 8.32 Å². The SMILES string of the molecule is Cc1c(O[Si](C(C)C)(C(C)C)C(C)C)c([C@@H](C)CO[Si](C)(C)C(C)(C)C)c(O)c2cc3c(cc12)CCCC3(C)C. The van der Waals surface area contributed by atoms with Crippen LogP contribution in [0, 0.1) is 6.92 Å². The van der Waals surface area contributed by atoms with Gasteiger partial charge in [-0.25, -0.2) is 0 Å². The van der Waals surface area contributed by atoms with Gasteiger partial charge in [0, 0.05) is 23.5 Å². The zero-order chi connectivity index (χ0) is 30.6. The van der Waals surface area contributed by atoms with Crippen molar-refractivity contribution in [2.45, 2.75) is 155 Å². The molecule has 0 fully saturated rings. The van der Waals surface area contributed by atoms with Crippen LogP contribution >= 0.6 is 0 Å². The highest BCUT2D eigenvalue weighted by molar-refractivity contribution is 6.78. The minimum absolute atomic E-state index is 0.00875. The highest BCUT2D eigenvalue weighted by Gasteiger charge is 2.48. The first-order chi connectivity index (χ1) is 18.2. The van der Waals surface area contributed by atoms with E-state index in [1.54, 1.807) is 0 Å². The van der Waals surface area contributed by atoms with E-state index in [4.69, 9.17) is 8.85 Å². The van der Waals surface area contributed by atoms with Gasteiger partial charge in [-0.2, -0.15) is 0 Å². The molecule has 3 nitrogen and oxygen atoms in total. The van der Waals surface area contributed by atoms with Crippen LogP contribution in [0.3, 0.4) is 0 Å².